The first-order valence-electron chi connectivity index (χ1n) is 8.31. The van der Waals surface area contributed by atoms with Gasteiger partial charge in [0, 0.05) is 24.6 Å². The molecule has 2 nitrogen and oxygen atoms in total. The monoisotopic (exact) mass is 292 g/mol. The van der Waals surface area contributed by atoms with Crippen LogP contribution in [0.5, 0.6) is 0 Å². The molecule has 1 aromatic carbocycles. The van der Waals surface area contributed by atoms with E-state index >= 15 is 0 Å². The first kappa shape index (κ1) is 13.8. The zero-order valence-corrected chi connectivity index (χ0v) is 13.3. The quantitative estimate of drug-likeness (QED) is 0.880. The molecular weight excluding hydrogens is 268 g/mol. The Hall–Kier alpha value is -1.80. The van der Waals surface area contributed by atoms with Crippen LogP contribution in [0.1, 0.15) is 37.7 Å². The number of nitrogens with one attached hydrogen (secondary N) is 1. The topological polar surface area (TPSA) is 15.3 Å². The Morgan fingerprint density at radius 2 is 2.09 bits per heavy atom. The lowest BCUT2D eigenvalue weighted by Gasteiger charge is -2.44. The molecule has 1 saturated heterocycles. The molecular formula is C20H24N2. The second-order valence-electron chi connectivity index (χ2n) is 7.02. The Labute approximate surface area is 133 Å². The maximum Gasteiger partial charge on any atom is 0.0612 e. The van der Waals surface area contributed by atoms with Crippen molar-refractivity contribution >= 4 is 0 Å². The third kappa shape index (κ3) is 2.05. The van der Waals surface area contributed by atoms with Crippen LogP contribution in [0.25, 0.3) is 0 Å². The van der Waals surface area contributed by atoms with Crippen LogP contribution in [-0.4, -0.2) is 17.1 Å². The highest BCUT2D eigenvalue weighted by Gasteiger charge is 2.48. The van der Waals surface area contributed by atoms with Crippen molar-refractivity contribution in [2.75, 3.05) is 6.54 Å². The van der Waals surface area contributed by atoms with Crippen LogP contribution >= 0.6 is 0 Å². The van der Waals surface area contributed by atoms with Crippen molar-refractivity contribution in [1.29, 1.82) is 0 Å². The molecule has 1 heterocycles. The maximum atomic E-state index is 3.96. The lowest BCUT2D eigenvalue weighted by molar-refractivity contribution is 0.132. The molecule has 0 amide bonds. The SMILES string of the molecule is C=CN1NCC2CC3=CC(c4ccccc4)CC=C3CC21C. The molecule has 1 aliphatic heterocycles. The summed E-state index contributed by atoms with van der Waals surface area (Å²) in [5, 5.41) is 2.23. The summed E-state index contributed by atoms with van der Waals surface area (Å²) in [6.07, 6.45) is 10.4. The molecule has 1 saturated carbocycles. The molecule has 3 atom stereocenters. The average molecular weight is 292 g/mol. The van der Waals surface area contributed by atoms with Crippen molar-refractivity contribution in [3.63, 3.8) is 0 Å². The van der Waals surface area contributed by atoms with Crippen LogP contribution in [0.2, 0.25) is 0 Å². The van der Waals surface area contributed by atoms with E-state index in [4.69, 9.17) is 0 Å². The number of nitrogens with zero attached hydrogens (tertiary/aromatic N) is 1. The lowest BCUT2D eigenvalue weighted by atomic mass is 9.68. The Morgan fingerprint density at radius 3 is 2.86 bits per heavy atom. The van der Waals surface area contributed by atoms with E-state index in [0.717, 1.165) is 19.4 Å². The van der Waals surface area contributed by atoms with Gasteiger partial charge < -0.3 is 5.01 Å². The lowest BCUT2D eigenvalue weighted by Crippen LogP contribution is -2.47. The average Bonchev–Trinajstić information content (AvgIpc) is 2.88. The number of rotatable bonds is 2. The van der Waals surface area contributed by atoms with Gasteiger partial charge in [-0.25, -0.2) is 5.43 Å². The van der Waals surface area contributed by atoms with Crippen molar-refractivity contribution in [3.05, 3.63) is 72.0 Å². The van der Waals surface area contributed by atoms with Crippen molar-refractivity contribution in [2.45, 2.75) is 37.6 Å². The molecule has 0 bridgehead atoms. The Morgan fingerprint density at radius 1 is 1.27 bits per heavy atom. The molecule has 3 aliphatic rings. The van der Waals surface area contributed by atoms with Crippen molar-refractivity contribution in [1.82, 2.24) is 10.4 Å². The van der Waals surface area contributed by atoms with E-state index in [9.17, 15) is 0 Å². The molecule has 0 aromatic heterocycles. The van der Waals surface area contributed by atoms with Gasteiger partial charge in [0.15, 0.2) is 0 Å². The molecule has 2 heteroatoms. The van der Waals surface area contributed by atoms with Crippen LogP contribution < -0.4 is 5.43 Å². The van der Waals surface area contributed by atoms with Gasteiger partial charge in [0.05, 0.1) is 5.54 Å². The maximum absolute atomic E-state index is 3.96. The van der Waals surface area contributed by atoms with E-state index in [0.29, 0.717) is 11.8 Å². The van der Waals surface area contributed by atoms with Gasteiger partial charge in [-0.15, -0.1) is 0 Å². The van der Waals surface area contributed by atoms with Crippen molar-refractivity contribution < 1.29 is 0 Å². The number of hydrazine groups is 1. The van der Waals surface area contributed by atoms with Gasteiger partial charge in [-0.2, -0.15) is 0 Å². The van der Waals surface area contributed by atoms with E-state index in [1.807, 2.05) is 6.20 Å². The van der Waals surface area contributed by atoms with Gasteiger partial charge in [0.25, 0.3) is 0 Å². The van der Waals surface area contributed by atoms with Crippen molar-refractivity contribution in [2.24, 2.45) is 5.92 Å². The van der Waals surface area contributed by atoms with Crippen LogP contribution in [0.3, 0.4) is 0 Å². The van der Waals surface area contributed by atoms with Crippen LogP contribution in [0.4, 0.5) is 0 Å². The van der Waals surface area contributed by atoms with E-state index in [-0.39, 0.29) is 5.54 Å². The van der Waals surface area contributed by atoms with Crippen LogP contribution in [0.15, 0.2) is 66.4 Å². The Balaban J connectivity index is 1.62. The van der Waals surface area contributed by atoms with Crippen LogP contribution in [0, 0.1) is 5.92 Å². The minimum Gasteiger partial charge on any atom is -0.310 e. The molecule has 4 rings (SSSR count). The predicted octanol–water partition coefficient (Wildman–Crippen LogP) is 4.16. The van der Waals surface area contributed by atoms with Crippen LogP contribution in [-0.2, 0) is 0 Å². The van der Waals surface area contributed by atoms with Gasteiger partial charge in [-0.3, -0.25) is 0 Å². The number of hydrogen-bond donors (Lipinski definition) is 1. The van der Waals surface area contributed by atoms with E-state index in [2.05, 4.69) is 66.4 Å². The summed E-state index contributed by atoms with van der Waals surface area (Å²) in [4.78, 5) is 0. The fraction of sp³-hybridized carbons (Fsp3) is 0.400. The largest absolute Gasteiger partial charge is 0.310 e. The van der Waals surface area contributed by atoms with Gasteiger partial charge in [0.2, 0.25) is 0 Å². The third-order valence-electron chi connectivity index (χ3n) is 5.80. The standard InChI is InChI=1S/C20H24N2/c1-3-22-20(2)13-17-10-9-16(15-7-5-4-6-8-15)11-18(17)12-19(20)14-21-22/h3-8,10-11,16,19,21H,1,9,12-14H2,2H3. The molecule has 22 heavy (non-hydrogen) atoms. The first-order valence-corrected chi connectivity index (χ1v) is 8.31. The zero-order valence-electron chi connectivity index (χ0n) is 13.3. The fourth-order valence-electron chi connectivity index (χ4n) is 4.39. The molecule has 2 fully saturated rings. The number of fused-ring (bicyclic) bond motifs is 2. The van der Waals surface area contributed by atoms with Crippen molar-refractivity contribution in [3.8, 4) is 0 Å². The highest BCUT2D eigenvalue weighted by atomic mass is 15.6. The second-order valence-corrected chi connectivity index (χ2v) is 7.02. The Kier molecular flexibility index (Phi) is 3.23. The zero-order chi connectivity index (χ0) is 15.2. The minimum atomic E-state index is 0.185. The smallest absolute Gasteiger partial charge is 0.0612 e. The minimum absolute atomic E-state index is 0.185. The summed E-state index contributed by atoms with van der Waals surface area (Å²) < 4.78 is 0. The number of benzene rings is 1. The number of hydrogen-bond acceptors (Lipinski definition) is 2. The fourth-order valence-corrected chi connectivity index (χ4v) is 4.39. The normalized spacial score (nSPS) is 33.6. The highest BCUT2D eigenvalue weighted by molar-refractivity contribution is 5.44. The third-order valence-corrected chi connectivity index (χ3v) is 5.80. The van der Waals surface area contributed by atoms with Gasteiger partial charge in [0.1, 0.15) is 0 Å². The molecule has 2 aliphatic carbocycles. The second kappa shape index (κ2) is 5.13. The molecule has 0 radical (unpaired) electrons. The summed E-state index contributed by atoms with van der Waals surface area (Å²) in [5.74, 6) is 1.22. The number of allylic oxidation sites excluding steroid dienone is 3. The summed E-state index contributed by atoms with van der Waals surface area (Å²) in [5.41, 5.74) is 8.26. The molecule has 0 spiro atoms. The van der Waals surface area contributed by atoms with E-state index in [1.54, 1.807) is 11.1 Å². The summed E-state index contributed by atoms with van der Waals surface area (Å²) >= 11 is 0. The van der Waals surface area contributed by atoms with E-state index in [1.165, 1.54) is 12.0 Å². The van der Waals surface area contributed by atoms with Gasteiger partial charge >= 0.3 is 0 Å². The highest BCUT2D eigenvalue weighted by Crippen LogP contribution is 2.48. The molecule has 1 N–H and O–H groups in total. The summed E-state index contributed by atoms with van der Waals surface area (Å²) in [6.45, 7) is 7.40. The summed E-state index contributed by atoms with van der Waals surface area (Å²) in [6, 6.07) is 10.9. The van der Waals surface area contributed by atoms with Gasteiger partial charge in [-0.05, 0) is 42.9 Å². The van der Waals surface area contributed by atoms with E-state index < -0.39 is 0 Å². The Bertz CT molecular complexity index is 643. The summed E-state index contributed by atoms with van der Waals surface area (Å²) in [7, 11) is 0. The predicted molar refractivity (Wildman–Crippen MR) is 91.1 cm³/mol. The molecule has 3 unspecified atom stereocenters. The van der Waals surface area contributed by atoms with Gasteiger partial charge in [-0.1, -0.05) is 49.1 Å². The molecule has 114 valence electrons. The first-order chi connectivity index (χ1) is 10.7. The molecule has 1 aromatic rings.